The first-order valence-electron chi connectivity index (χ1n) is 5.55. The van der Waals surface area contributed by atoms with Gasteiger partial charge in [-0.05, 0) is 32.0 Å². The van der Waals surface area contributed by atoms with Crippen molar-refractivity contribution >= 4 is 22.6 Å². The van der Waals surface area contributed by atoms with Gasteiger partial charge in [-0.3, -0.25) is 0 Å². The van der Waals surface area contributed by atoms with E-state index in [1.54, 1.807) is 18.2 Å². The Labute approximate surface area is 110 Å². The second kappa shape index (κ2) is 4.90. The molecule has 5 heteroatoms. The van der Waals surface area contributed by atoms with Crippen LogP contribution in [0.5, 0.6) is 11.5 Å². The number of carbonyl (C=O) groups is 1. The van der Waals surface area contributed by atoms with Gasteiger partial charge in [-0.25, -0.2) is 4.79 Å². The molecule has 0 saturated heterocycles. The fourth-order valence-corrected chi connectivity index (χ4v) is 1.97. The predicted octanol–water partition coefficient (Wildman–Crippen LogP) is 2.90. The summed E-state index contributed by atoms with van der Waals surface area (Å²) in [5.74, 6) is 0.138. The van der Waals surface area contributed by atoms with Crippen LogP contribution in [-0.2, 0) is 4.79 Å². The summed E-state index contributed by atoms with van der Waals surface area (Å²) in [5.41, 5.74) is 0.615. The number of rotatable bonds is 3. The van der Waals surface area contributed by atoms with Gasteiger partial charge >= 0.3 is 5.97 Å². The van der Waals surface area contributed by atoms with Crippen molar-refractivity contribution in [1.29, 1.82) is 0 Å². The van der Waals surface area contributed by atoms with Crippen LogP contribution in [0.15, 0.2) is 23.8 Å². The smallest absolute Gasteiger partial charge is 0.336 e. The van der Waals surface area contributed by atoms with Gasteiger partial charge in [0.2, 0.25) is 0 Å². The van der Waals surface area contributed by atoms with Crippen molar-refractivity contribution in [3.63, 3.8) is 0 Å². The number of fused-ring (bicyclic) bond motifs is 1. The summed E-state index contributed by atoms with van der Waals surface area (Å²) in [5, 5.41) is 9.20. The Morgan fingerprint density at radius 2 is 2.22 bits per heavy atom. The molecular weight excluding hydrogens is 256 g/mol. The normalized spacial score (nSPS) is 14.2. The van der Waals surface area contributed by atoms with Crippen LogP contribution in [0.2, 0.25) is 0 Å². The molecule has 1 aromatic carbocycles. The van der Waals surface area contributed by atoms with Crippen molar-refractivity contribution in [1.82, 2.24) is 0 Å². The molecule has 1 N–H and O–H groups in total. The monoisotopic (exact) mass is 268 g/mol. The fraction of sp³-hybridized carbons (Fsp3) is 0.308. The van der Waals surface area contributed by atoms with Crippen LogP contribution in [0.3, 0.4) is 0 Å². The lowest BCUT2D eigenvalue weighted by atomic mass is 10.1. The van der Waals surface area contributed by atoms with Gasteiger partial charge in [-0.15, -0.1) is 0 Å². The Balaban J connectivity index is 2.43. The van der Waals surface area contributed by atoms with E-state index in [9.17, 15) is 4.79 Å². The number of ether oxygens (including phenoxy) is 2. The first-order valence-corrected chi connectivity index (χ1v) is 5.92. The molecule has 1 aliphatic rings. The minimum absolute atomic E-state index is 0.0223. The summed E-state index contributed by atoms with van der Waals surface area (Å²) in [6, 6.07) is 5.20. The minimum Gasteiger partial charge on any atom is -0.491 e. The SMILES string of the molecule is CC(C)Oc1ccc2c(c1)C(Cl)=C(C(=O)O)CO2. The standard InChI is InChI=1S/C13H13ClO4/c1-7(2)18-8-3-4-11-9(5-8)12(14)10(6-17-11)13(15)16/h3-5,7H,6H2,1-2H3,(H,15,16). The predicted molar refractivity (Wildman–Crippen MR) is 68.1 cm³/mol. The van der Waals surface area contributed by atoms with E-state index in [1.165, 1.54) is 0 Å². The van der Waals surface area contributed by atoms with Gasteiger partial charge in [-0.2, -0.15) is 0 Å². The van der Waals surface area contributed by atoms with Crippen LogP contribution in [-0.4, -0.2) is 23.8 Å². The van der Waals surface area contributed by atoms with E-state index in [-0.39, 0.29) is 23.3 Å². The molecule has 1 aliphatic heterocycles. The lowest BCUT2D eigenvalue weighted by Crippen LogP contribution is -2.16. The summed E-state index contributed by atoms with van der Waals surface area (Å²) >= 11 is 6.08. The topological polar surface area (TPSA) is 55.8 Å². The highest BCUT2D eigenvalue weighted by molar-refractivity contribution is 6.51. The number of carboxylic acids is 1. The fourth-order valence-electron chi connectivity index (χ4n) is 1.68. The third-order valence-corrected chi connectivity index (χ3v) is 2.89. The van der Waals surface area contributed by atoms with Gasteiger partial charge in [0.25, 0.3) is 0 Å². The zero-order chi connectivity index (χ0) is 13.3. The number of benzene rings is 1. The largest absolute Gasteiger partial charge is 0.491 e. The van der Waals surface area contributed by atoms with Crippen LogP contribution in [0.25, 0.3) is 5.03 Å². The first kappa shape index (κ1) is 12.8. The van der Waals surface area contributed by atoms with Gasteiger partial charge in [0, 0.05) is 5.56 Å². The molecule has 0 aliphatic carbocycles. The number of hydrogen-bond donors (Lipinski definition) is 1. The van der Waals surface area contributed by atoms with E-state index < -0.39 is 5.97 Å². The molecule has 2 rings (SSSR count). The molecule has 4 nitrogen and oxygen atoms in total. The van der Waals surface area contributed by atoms with Crippen LogP contribution < -0.4 is 9.47 Å². The molecule has 0 fully saturated rings. The maximum absolute atomic E-state index is 11.0. The van der Waals surface area contributed by atoms with E-state index in [4.69, 9.17) is 26.2 Å². The Kier molecular flexibility index (Phi) is 3.48. The Morgan fingerprint density at radius 3 is 2.83 bits per heavy atom. The zero-order valence-corrected chi connectivity index (χ0v) is 10.8. The van der Waals surface area contributed by atoms with Crippen molar-refractivity contribution in [3.05, 3.63) is 29.3 Å². The van der Waals surface area contributed by atoms with E-state index >= 15 is 0 Å². The quantitative estimate of drug-likeness (QED) is 0.916. The third kappa shape index (κ3) is 2.43. The second-order valence-electron chi connectivity index (χ2n) is 4.21. The number of aliphatic carboxylic acids is 1. The lowest BCUT2D eigenvalue weighted by Gasteiger charge is -2.20. The zero-order valence-electron chi connectivity index (χ0n) is 10.1. The van der Waals surface area contributed by atoms with E-state index in [1.807, 2.05) is 13.8 Å². The summed E-state index contributed by atoms with van der Waals surface area (Å²) in [6.45, 7) is 3.80. The van der Waals surface area contributed by atoms with Gasteiger partial charge in [0.05, 0.1) is 16.7 Å². The van der Waals surface area contributed by atoms with E-state index in [0.717, 1.165) is 0 Å². The van der Waals surface area contributed by atoms with Gasteiger partial charge in [-0.1, -0.05) is 11.6 Å². The molecular formula is C13H13ClO4. The molecule has 0 saturated carbocycles. The van der Waals surface area contributed by atoms with Crippen molar-refractivity contribution in [3.8, 4) is 11.5 Å². The molecule has 96 valence electrons. The summed E-state index contributed by atoms with van der Waals surface area (Å²) in [4.78, 5) is 11.0. The number of hydrogen-bond acceptors (Lipinski definition) is 3. The summed E-state index contributed by atoms with van der Waals surface area (Å²) in [7, 11) is 0. The Hall–Kier alpha value is -1.68. The first-order chi connectivity index (χ1) is 8.49. The number of halogens is 1. The molecule has 0 radical (unpaired) electrons. The summed E-state index contributed by atoms with van der Waals surface area (Å²) in [6.07, 6.45) is 0.0364. The molecule has 18 heavy (non-hydrogen) atoms. The highest BCUT2D eigenvalue weighted by Gasteiger charge is 2.23. The highest BCUT2D eigenvalue weighted by atomic mass is 35.5. The van der Waals surface area contributed by atoms with E-state index in [0.29, 0.717) is 17.1 Å². The molecule has 0 atom stereocenters. The van der Waals surface area contributed by atoms with Gasteiger partial charge < -0.3 is 14.6 Å². The van der Waals surface area contributed by atoms with Crippen molar-refractivity contribution in [2.45, 2.75) is 20.0 Å². The Bertz CT molecular complexity index is 520. The van der Waals surface area contributed by atoms with Crippen LogP contribution in [0.4, 0.5) is 0 Å². The maximum Gasteiger partial charge on any atom is 0.336 e. The highest BCUT2D eigenvalue weighted by Crippen LogP contribution is 2.38. The van der Waals surface area contributed by atoms with Gasteiger partial charge in [0.15, 0.2) is 0 Å². The van der Waals surface area contributed by atoms with Crippen LogP contribution in [0, 0.1) is 0 Å². The van der Waals surface area contributed by atoms with Crippen molar-refractivity contribution in [2.24, 2.45) is 0 Å². The molecule has 1 heterocycles. The molecule has 1 aromatic rings. The van der Waals surface area contributed by atoms with Crippen molar-refractivity contribution in [2.75, 3.05) is 6.61 Å². The maximum atomic E-state index is 11.0. The molecule has 0 spiro atoms. The average Bonchev–Trinajstić information content (AvgIpc) is 2.29. The Morgan fingerprint density at radius 1 is 1.50 bits per heavy atom. The minimum atomic E-state index is -1.07. The second-order valence-corrected chi connectivity index (χ2v) is 4.59. The van der Waals surface area contributed by atoms with Crippen molar-refractivity contribution < 1.29 is 19.4 Å². The molecule has 0 aromatic heterocycles. The van der Waals surface area contributed by atoms with Gasteiger partial charge in [0.1, 0.15) is 18.1 Å². The summed E-state index contributed by atoms with van der Waals surface area (Å²) < 4.78 is 10.9. The third-order valence-electron chi connectivity index (χ3n) is 2.45. The average molecular weight is 269 g/mol. The molecule has 0 amide bonds. The lowest BCUT2D eigenvalue weighted by molar-refractivity contribution is -0.133. The number of carboxylic acid groups (broad SMARTS) is 1. The molecule has 0 bridgehead atoms. The molecule has 0 unspecified atom stereocenters. The van der Waals surface area contributed by atoms with E-state index in [2.05, 4.69) is 0 Å². The van der Waals surface area contributed by atoms with Crippen LogP contribution >= 0.6 is 11.6 Å². The van der Waals surface area contributed by atoms with Crippen LogP contribution in [0.1, 0.15) is 19.4 Å².